The highest BCUT2D eigenvalue weighted by Crippen LogP contribution is 2.29. The predicted octanol–water partition coefficient (Wildman–Crippen LogP) is 6.77. The molecule has 144 valence electrons. The molecule has 0 bridgehead atoms. The maximum atomic E-state index is 5.76. The van der Waals surface area contributed by atoms with E-state index >= 15 is 0 Å². The summed E-state index contributed by atoms with van der Waals surface area (Å²) in [6.07, 6.45) is 15.2. The molecule has 1 aromatic rings. The van der Waals surface area contributed by atoms with Gasteiger partial charge in [-0.3, -0.25) is 0 Å². The molecule has 0 amide bonds. The van der Waals surface area contributed by atoms with Gasteiger partial charge in [0.1, 0.15) is 5.75 Å². The molecule has 1 saturated carbocycles. The van der Waals surface area contributed by atoms with E-state index in [1.54, 1.807) is 0 Å². The van der Waals surface area contributed by atoms with E-state index in [9.17, 15) is 0 Å². The summed E-state index contributed by atoms with van der Waals surface area (Å²) in [5, 5.41) is 0. The number of ether oxygens (including phenoxy) is 1. The van der Waals surface area contributed by atoms with E-state index < -0.39 is 0 Å². The van der Waals surface area contributed by atoms with Crippen LogP contribution >= 0.6 is 0 Å². The second-order valence-corrected chi connectivity index (χ2v) is 7.45. The molecule has 1 fully saturated rings. The summed E-state index contributed by atoms with van der Waals surface area (Å²) in [5.41, 5.74) is 1.00. The quantitative estimate of drug-likeness (QED) is 0.384. The fraction of sp³-hybridized carbons (Fsp3) is 0.538. The molecule has 1 aromatic carbocycles. The van der Waals surface area contributed by atoms with E-state index in [4.69, 9.17) is 4.74 Å². The van der Waals surface area contributed by atoms with Crippen LogP contribution in [0.2, 0.25) is 0 Å². The van der Waals surface area contributed by atoms with E-state index in [0.717, 1.165) is 30.3 Å². The Labute approximate surface area is 166 Å². The van der Waals surface area contributed by atoms with Crippen molar-refractivity contribution in [3.63, 3.8) is 0 Å². The van der Waals surface area contributed by atoms with Gasteiger partial charge in [0, 0.05) is 11.5 Å². The van der Waals surface area contributed by atoms with Crippen molar-refractivity contribution in [2.75, 3.05) is 6.61 Å². The van der Waals surface area contributed by atoms with Crippen LogP contribution in [0.1, 0.15) is 77.2 Å². The minimum atomic E-state index is 0.583. The minimum Gasteiger partial charge on any atom is -0.494 e. The molecule has 1 nitrogen and oxygen atoms in total. The monoisotopic (exact) mass is 362 g/mol. The summed E-state index contributed by atoms with van der Waals surface area (Å²) in [4.78, 5) is 0. The molecule has 1 aliphatic carbocycles. The Hall–Kier alpha value is -2.12. The van der Waals surface area contributed by atoms with E-state index in [1.807, 2.05) is 36.4 Å². The molecule has 0 spiro atoms. The molecule has 2 rings (SSSR count). The Kier molecular flexibility index (Phi) is 10.3. The van der Waals surface area contributed by atoms with E-state index in [1.165, 1.54) is 51.4 Å². The third-order valence-corrected chi connectivity index (χ3v) is 5.30. The molecule has 0 unspecified atom stereocenters. The molecule has 1 heteroatoms. The van der Waals surface area contributed by atoms with Crippen molar-refractivity contribution >= 4 is 0 Å². The van der Waals surface area contributed by atoms with Gasteiger partial charge in [-0.2, -0.15) is 0 Å². The summed E-state index contributed by atoms with van der Waals surface area (Å²) < 4.78 is 5.76. The fourth-order valence-electron chi connectivity index (χ4n) is 3.44. The Morgan fingerprint density at radius 2 is 1.67 bits per heavy atom. The van der Waals surface area contributed by atoms with Gasteiger partial charge in [0.15, 0.2) is 0 Å². The largest absolute Gasteiger partial charge is 0.494 e. The Balaban J connectivity index is 1.69. The zero-order valence-corrected chi connectivity index (χ0v) is 17.1. The maximum absolute atomic E-state index is 5.76. The fourth-order valence-corrected chi connectivity index (χ4v) is 3.44. The molecular formula is C26H34O. The first kappa shape index (κ1) is 21.2. The van der Waals surface area contributed by atoms with Gasteiger partial charge in [0.2, 0.25) is 0 Å². The van der Waals surface area contributed by atoms with Crippen LogP contribution in [0.5, 0.6) is 5.75 Å². The van der Waals surface area contributed by atoms with Crippen LogP contribution in [0.4, 0.5) is 0 Å². The van der Waals surface area contributed by atoms with Crippen molar-refractivity contribution in [1.82, 2.24) is 0 Å². The second-order valence-electron chi connectivity index (χ2n) is 7.45. The lowest BCUT2D eigenvalue weighted by Gasteiger charge is -2.24. The van der Waals surface area contributed by atoms with Gasteiger partial charge in [-0.15, -0.1) is 0 Å². The molecule has 27 heavy (non-hydrogen) atoms. The summed E-state index contributed by atoms with van der Waals surface area (Å²) in [7, 11) is 0. The lowest BCUT2D eigenvalue weighted by molar-refractivity contribution is 0.305. The summed E-state index contributed by atoms with van der Waals surface area (Å²) in [6.45, 7) is 5.32. The number of benzene rings is 1. The van der Waals surface area contributed by atoms with E-state index in [0.29, 0.717) is 5.92 Å². The molecular weight excluding hydrogens is 328 g/mol. The third kappa shape index (κ3) is 8.88. The van der Waals surface area contributed by atoms with Crippen molar-refractivity contribution < 1.29 is 4.74 Å². The van der Waals surface area contributed by atoms with Crippen molar-refractivity contribution in [2.45, 2.75) is 71.6 Å². The average Bonchev–Trinajstić information content (AvgIpc) is 2.72. The van der Waals surface area contributed by atoms with Gasteiger partial charge >= 0.3 is 0 Å². The van der Waals surface area contributed by atoms with Crippen molar-refractivity contribution in [2.24, 2.45) is 11.8 Å². The van der Waals surface area contributed by atoms with Crippen LogP contribution in [0.3, 0.4) is 0 Å². The van der Waals surface area contributed by atoms with Gasteiger partial charge < -0.3 is 4.74 Å². The topological polar surface area (TPSA) is 9.23 Å². The molecule has 0 radical (unpaired) electrons. The Morgan fingerprint density at radius 1 is 0.926 bits per heavy atom. The van der Waals surface area contributed by atoms with Gasteiger partial charge in [-0.05, 0) is 74.4 Å². The van der Waals surface area contributed by atoms with Gasteiger partial charge in [-0.1, -0.05) is 63.2 Å². The molecule has 0 aliphatic heterocycles. The third-order valence-electron chi connectivity index (χ3n) is 5.30. The number of hydrogen-bond acceptors (Lipinski definition) is 1. The van der Waals surface area contributed by atoms with Crippen LogP contribution in [0.15, 0.2) is 36.4 Å². The molecule has 0 atom stereocenters. The average molecular weight is 363 g/mol. The van der Waals surface area contributed by atoms with Crippen LogP contribution < -0.4 is 4.74 Å². The van der Waals surface area contributed by atoms with Crippen LogP contribution in [0.25, 0.3) is 0 Å². The minimum absolute atomic E-state index is 0.583. The van der Waals surface area contributed by atoms with E-state index in [-0.39, 0.29) is 0 Å². The molecule has 0 saturated heterocycles. The lowest BCUT2D eigenvalue weighted by Crippen LogP contribution is -2.12. The first-order valence-corrected chi connectivity index (χ1v) is 10.7. The zero-order chi connectivity index (χ0) is 19.2. The van der Waals surface area contributed by atoms with Gasteiger partial charge in [0.05, 0.1) is 6.61 Å². The number of unbranched alkanes of at least 4 members (excludes halogenated alkanes) is 3. The highest BCUT2D eigenvalue weighted by Gasteiger charge is 2.17. The van der Waals surface area contributed by atoms with Crippen LogP contribution in [0, 0.1) is 35.5 Å². The normalized spacial score (nSPS) is 19.0. The van der Waals surface area contributed by atoms with Gasteiger partial charge in [-0.25, -0.2) is 0 Å². The molecule has 0 aromatic heterocycles. The number of hydrogen-bond donors (Lipinski definition) is 0. The summed E-state index contributed by atoms with van der Waals surface area (Å²) in [6, 6.07) is 8.03. The van der Waals surface area contributed by atoms with Crippen LogP contribution in [-0.2, 0) is 0 Å². The molecule has 1 aliphatic rings. The SMILES string of the molecule is CCCCCCOc1ccc(C#CC=CC#CC2CCC(CC)CC2)cc1. The van der Waals surface area contributed by atoms with Crippen molar-refractivity contribution in [3.8, 4) is 29.4 Å². The summed E-state index contributed by atoms with van der Waals surface area (Å²) in [5.74, 6) is 15.2. The number of allylic oxidation sites excluding steroid dienone is 2. The Bertz CT molecular complexity index is 667. The highest BCUT2D eigenvalue weighted by molar-refractivity contribution is 5.40. The number of rotatable bonds is 7. The van der Waals surface area contributed by atoms with Crippen LogP contribution in [-0.4, -0.2) is 6.61 Å². The summed E-state index contributed by atoms with van der Waals surface area (Å²) >= 11 is 0. The second kappa shape index (κ2) is 13.1. The van der Waals surface area contributed by atoms with E-state index in [2.05, 4.69) is 37.5 Å². The van der Waals surface area contributed by atoms with Crippen molar-refractivity contribution in [1.29, 1.82) is 0 Å². The zero-order valence-electron chi connectivity index (χ0n) is 17.1. The highest BCUT2D eigenvalue weighted by atomic mass is 16.5. The first-order valence-electron chi connectivity index (χ1n) is 10.7. The lowest BCUT2D eigenvalue weighted by atomic mass is 9.81. The van der Waals surface area contributed by atoms with Crippen molar-refractivity contribution in [3.05, 3.63) is 42.0 Å². The smallest absolute Gasteiger partial charge is 0.119 e. The molecule has 0 N–H and O–H groups in total. The predicted molar refractivity (Wildman–Crippen MR) is 116 cm³/mol. The van der Waals surface area contributed by atoms with Gasteiger partial charge in [0.25, 0.3) is 0 Å². The standard InChI is InChI=1S/C26H34O/c1-3-5-6-11-22-27-26-20-18-25(19-21-26)13-10-8-7-9-12-24-16-14-23(4-2)15-17-24/h7-8,18-21,23-24H,3-6,11,14-17,22H2,1-2H3. The first-order chi connectivity index (χ1) is 13.3. The molecule has 0 heterocycles. The Morgan fingerprint density at radius 3 is 2.37 bits per heavy atom. The maximum Gasteiger partial charge on any atom is 0.119 e.